The summed E-state index contributed by atoms with van der Waals surface area (Å²) < 4.78 is 62.2. The minimum absolute atomic E-state index is 0.0242. The number of rotatable bonds is 22. The van der Waals surface area contributed by atoms with E-state index in [1.807, 2.05) is 0 Å². The molecule has 4 rings (SSSR count). The number of nitrogens with two attached hydrogens (primary N) is 1. The minimum atomic E-state index is -5.59. The van der Waals surface area contributed by atoms with Crippen molar-refractivity contribution in [1.82, 2.24) is 30.2 Å². The van der Waals surface area contributed by atoms with E-state index >= 15 is 0 Å². The molecule has 1 aliphatic heterocycles. The number of ether oxygens (including phenoxy) is 1. The maximum Gasteiger partial charge on any atom is 0.481 e. The van der Waals surface area contributed by atoms with Gasteiger partial charge in [-0.2, -0.15) is 4.31 Å². The van der Waals surface area contributed by atoms with Crippen LogP contribution in [0, 0.1) is 5.41 Å². The number of nitrogens with one attached hydrogen (secondary N) is 2. The number of aliphatic hydroxyl groups excluding tert-OH is 3. The SMILES string of the molecule is CC(C)(COP(=O)(O)OP(=O)(O)OCC1OC(n2cnc3c(N)ncnc32)C(O)C1OP(=O)(O)O)C(O)C(=O)NCCC(=O)NCCSC(=O)C(CO)c1ccccc1. The fourth-order valence-electron chi connectivity index (χ4n) is 5.38. The number of aromatic nitrogens is 4. The van der Waals surface area contributed by atoms with E-state index < -0.39 is 90.5 Å². The third-order valence-corrected chi connectivity index (χ3v) is 12.5. The number of imidazole rings is 1. The van der Waals surface area contributed by atoms with Crippen LogP contribution >= 0.6 is 35.2 Å². The molecule has 1 fully saturated rings. The third kappa shape index (κ3) is 13.9. The maximum absolute atomic E-state index is 12.7. The van der Waals surface area contributed by atoms with Crippen LogP contribution in [-0.4, -0.2) is 134 Å². The van der Waals surface area contributed by atoms with Gasteiger partial charge in [-0.3, -0.25) is 32.5 Å². The molecule has 25 nitrogen and oxygen atoms in total. The van der Waals surface area contributed by atoms with E-state index in [9.17, 15) is 63.0 Å². The Hall–Kier alpha value is -3.26. The number of phosphoric acid groups is 3. The zero-order valence-electron chi connectivity index (χ0n) is 31.2. The number of hydrogen-bond acceptors (Lipinski definition) is 19. The molecule has 0 radical (unpaired) electrons. The molecule has 3 aromatic rings. The van der Waals surface area contributed by atoms with Gasteiger partial charge < -0.3 is 56.0 Å². The molecular formula is C30H44N7O18P3S. The lowest BCUT2D eigenvalue weighted by Crippen LogP contribution is -2.46. The summed E-state index contributed by atoms with van der Waals surface area (Å²) in [5.74, 6) is -2.03. The molecular weight excluding hydrogens is 871 g/mol. The second-order valence-corrected chi connectivity index (χ2v) is 18.7. The van der Waals surface area contributed by atoms with Crippen LogP contribution in [0.5, 0.6) is 0 Å². The van der Waals surface area contributed by atoms with Crippen LogP contribution in [0.1, 0.15) is 38.0 Å². The van der Waals surface area contributed by atoms with Crippen LogP contribution in [0.4, 0.5) is 5.82 Å². The number of aliphatic hydroxyl groups is 3. The van der Waals surface area contributed by atoms with Crippen molar-refractivity contribution >= 4 is 69.1 Å². The molecule has 8 unspecified atom stereocenters. The average molecular weight is 916 g/mol. The highest BCUT2D eigenvalue weighted by atomic mass is 32.2. The molecule has 29 heteroatoms. The number of anilines is 1. The highest BCUT2D eigenvalue weighted by molar-refractivity contribution is 8.13. The van der Waals surface area contributed by atoms with Crippen LogP contribution in [0.25, 0.3) is 11.2 Å². The number of carbonyl (C=O) groups is 3. The standard InChI is InChI=1S/C30H44N7O18P3S/c1-30(2,24(41)27(42)33-9-8-20(39)32-10-11-59-29(43)18(12-38)17-6-4-3-5-7-17)14-52-58(49,50)55-57(47,48)51-13-19-23(54-56(44,45)46)22(40)28(53-19)37-16-36-21-25(31)34-15-35-26(21)37/h3-7,15-16,18-19,22-24,28,38,40-41H,8-14H2,1-2H3,(H,32,39)(H,33,42)(H,47,48)(H,49,50)(H2,31,34,35)(H2,44,45,46). The molecule has 11 N–H and O–H groups in total. The van der Waals surface area contributed by atoms with Crippen molar-refractivity contribution in [3.63, 3.8) is 0 Å². The Morgan fingerprint density at radius 2 is 1.69 bits per heavy atom. The molecule has 1 saturated heterocycles. The van der Waals surface area contributed by atoms with E-state index in [1.165, 1.54) is 13.8 Å². The van der Waals surface area contributed by atoms with Gasteiger partial charge in [-0.25, -0.2) is 28.6 Å². The number of thioether (sulfide) groups is 1. The van der Waals surface area contributed by atoms with E-state index in [1.54, 1.807) is 30.3 Å². The first-order valence-electron chi connectivity index (χ1n) is 17.3. The monoisotopic (exact) mass is 915 g/mol. The Kier molecular flexibility index (Phi) is 16.8. The van der Waals surface area contributed by atoms with Gasteiger partial charge in [-0.05, 0) is 5.56 Å². The van der Waals surface area contributed by atoms with Crippen LogP contribution < -0.4 is 16.4 Å². The fourth-order valence-corrected chi connectivity index (χ4v) is 9.03. The summed E-state index contributed by atoms with van der Waals surface area (Å²) in [6.45, 7) is -0.0716. The smallest absolute Gasteiger partial charge is 0.395 e. The molecule has 1 aromatic carbocycles. The summed E-state index contributed by atoms with van der Waals surface area (Å²) in [6, 6.07) is 8.72. The highest BCUT2D eigenvalue weighted by Crippen LogP contribution is 2.61. The summed E-state index contributed by atoms with van der Waals surface area (Å²) in [7, 11) is -16.4. The lowest BCUT2D eigenvalue weighted by molar-refractivity contribution is -0.137. The molecule has 2 amide bonds. The summed E-state index contributed by atoms with van der Waals surface area (Å²) in [6.07, 6.45) is -7.03. The Morgan fingerprint density at radius 3 is 2.36 bits per heavy atom. The Balaban J connectivity index is 1.22. The van der Waals surface area contributed by atoms with Gasteiger partial charge in [0, 0.05) is 30.7 Å². The van der Waals surface area contributed by atoms with Crippen LogP contribution in [0.2, 0.25) is 0 Å². The topological polar surface area (TPSA) is 384 Å². The maximum atomic E-state index is 12.7. The molecule has 0 spiro atoms. The van der Waals surface area contributed by atoms with Gasteiger partial charge in [0.2, 0.25) is 11.8 Å². The van der Waals surface area contributed by atoms with Gasteiger partial charge >= 0.3 is 23.5 Å². The summed E-state index contributed by atoms with van der Waals surface area (Å²) >= 11 is 0.938. The van der Waals surface area contributed by atoms with Crippen molar-refractivity contribution in [1.29, 1.82) is 0 Å². The average Bonchev–Trinajstić information content (AvgIpc) is 3.72. The number of nitrogen functional groups attached to an aromatic ring is 1. The van der Waals surface area contributed by atoms with E-state index in [4.69, 9.17) is 19.5 Å². The zero-order chi connectivity index (χ0) is 43.8. The molecule has 2 aromatic heterocycles. The molecule has 328 valence electrons. The van der Waals surface area contributed by atoms with Gasteiger partial charge in [0.15, 0.2) is 22.8 Å². The van der Waals surface area contributed by atoms with E-state index in [2.05, 4.69) is 34.4 Å². The number of phosphoric ester groups is 3. The summed E-state index contributed by atoms with van der Waals surface area (Å²) in [4.78, 5) is 88.3. The first-order valence-corrected chi connectivity index (χ1v) is 22.8. The number of carbonyl (C=O) groups excluding carboxylic acids is 3. The number of fused-ring (bicyclic) bond motifs is 1. The van der Waals surface area contributed by atoms with Crippen LogP contribution in [0.15, 0.2) is 43.0 Å². The molecule has 0 bridgehead atoms. The minimum Gasteiger partial charge on any atom is -0.395 e. The lowest BCUT2D eigenvalue weighted by Gasteiger charge is -2.30. The normalized spacial score (nSPS) is 21.6. The van der Waals surface area contributed by atoms with Crippen molar-refractivity contribution in [2.75, 3.05) is 44.4 Å². The van der Waals surface area contributed by atoms with Crippen LogP contribution in [0.3, 0.4) is 0 Å². The van der Waals surface area contributed by atoms with E-state index in [-0.39, 0.29) is 54.0 Å². The predicted octanol–water partition coefficient (Wildman–Crippen LogP) is -0.559. The number of amides is 2. The van der Waals surface area contributed by atoms with Crippen LogP contribution in [-0.2, 0) is 50.7 Å². The summed E-state index contributed by atoms with van der Waals surface area (Å²) in [5.41, 5.74) is 4.89. The summed E-state index contributed by atoms with van der Waals surface area (Å²) in [5, 5.41) is 35.7. The quantitative estimate of drug-likeness (QED) is 0.0446. The number of benzene rings is 1. The fraction of sp³-hybridized carbons (Fsp3) is 0.533. The Labute approximate surface area is 339 Å². The Bertz CT molecular complexity index is 2080. The number of nitrogens with zero attached hydrogens (tertiary/aromatic N) is 4. The molecule has 3 heterocycles. The van der Waals surface area contributed by atoms with Gasteiger partial charge in [-0.1, -0.05) is 55.9 Å². The van der Waals surface area contributed by atoms with Crippen molar-refractivity contribution in [3.05, 3.63) is 48.5 Å². The first-order chi connectivity index (χ1) is 27.5. The van der Waals surface area contributed by atoms with Crippen molar-refractivity contribution in [2.24, 2.45) is 5.41 Å². The second kappa shape index (κ2) is 20.5. The largest absolute Gasteiger partial charge is 0.481 e. The molecule has 59 heavy (non-hydrogen) atoms. The van der Waals surface area contributed by atoms with Gasteiger partial charge in [0.05, 0.1) is 32.1 Å². The third-order valence-electron chi connectivity index (χ3n) is 8.42. The molecule has 0 saturated carbocycles. The number of hydrogen-bond donors (Lipinski definition) is 10. The predicted molar refractivity (Wildman–Crippen MR) is 203 cm³/mol. The van der Waals surface area contributed by atoms with Crippen molar-refractivity contribution in [3.8, 4) is 0 Å². The molecule has 1 aliphatic rings. The van der Waals surface area contributed by atoms with Gasteiger partial charge in [-0.15, -0.1) is 0 Å². The van der Waals surface area contributed by atoms with E-state index in [0.29, 0.717) is 5.56 Å². The Morgan fingerprint density at radius 1 is 1.02 bits per heavy atom. The lowest BCUT2D eigenvalue weighted by atomic mass is 9.87. The van der Waals surface area contributed by atoms with Crippen molar-refractivity contribution < 1.29 is 85.6 Å². The second-order valence-electron chi connectivity index (χ2n) is 13.4. The molecule has 8 atom stereocenters. The van der Waals surface area contributed by atoms with E-state index in [0.717, 1.165) is 29.0 Å². The van der Waals surface area contributed by atoms with Crippen molar-refractivity contribution in [2.45, 2.75) is 56.8 Å². The highest BCUT2D eigenvalue weighted by Gasteiger charge is 2.50. The molecule has 0 aliphatic carbocycles. The van der Waals surface area contributed by atoms with Gasteiger partial charge in [0.1, 0.15) is 36.3 Å². The first kappa shape index (κ1) is 48.4. The van der Waals surface area contributed by atoms with Gasteiger partial charge in [0.25, 0.3) is 0 Å². The zero-order valence-corrected chi connectivity index (χ0v) is 34.7.